The molecule has 2 N–H and O–H groups in total. The lowest BCUT2D eigenvalue weighted by Crippen LogP contribution is -2.10. The molecule has 0 spiro atoms. The first-order chi connectivity index (χ1) is 11.9. The molecule has 0 saturated carbocycles. The Morgan fingerprint density at radius 3 is 2.52 bits per heavy atom. The van der Waals surface area contributed by atoms with Crippen molar-refractivity contribution in [2.24, 2.45) is 0 Å². The molecule has 3 aromatic rings. The van der Waals surface area contributed by atoms with Crippen molar-refractivity contribution in [1.29, 1.82) is 0 Å². The second kappa shape index (κ2) is 6.94. The predicted molar refractivity (Wildman–Crippen MR) is 89.3 cm³/mol. The normalized spacial score (nSPS) is 11.2. The van der Waals surface area contributed by atoms with Crippen molar-refractivity contribution in [3.05, 3.63) is 65.3 Å². The van der Waals surface area contributed by atoms with Crippen LogP contribution in [0, 0.1) is 0 Å². The molecule has 2 aromatic carbocycles. The molecule has 0 unspecified atom stereocenters. The number of anilines is 4. The molecule has 0 aliphatic carbocycles. The van der Waals surface area contributed by atoms with Gasteiger partial charge in [-0.3, -0.25) is 0 Å². The van der Waals surface area contributed by atoms with E-state index in [2.05, 4.69) is 25.8 Å². The summed E-state index contributed by atoms with van der Waals surface area (Å²) in [5, 5.41) is 13.5. The monoisotopic (exact) mass is 365 g/mol. The van der Waals surface area contributed by atoms with Crippen molar-refractivity contribution in [3.63, 3.8) is 0 Å². The second-order valence-electron chi connectivity index (χ2n) is 4.97. The topological polar surface area (TPSA) is 62.7 Å². The number of halogens is 4. The Morgan fingerprint density at radius 1 is 0.960 bits per heavy atom. The second-order valence-corrected chi connectivity index (χ2v) is 5.41. The summed E-state index contributed by atoms with van der Waals surface area (Å²) in [5.74, 6) is 0.244. The SMILES string of the molecule is FC(F)(F)c1ccccc1Nc1nncc(Nc2cccc(Cl)c2)n1. The molecule has 0 saturated heterocycles. The van der Waals surface area contributed by atoms with Crippen LogP contribution < -0.4 is 10.6 Å². The molecule has 1 aromatic heterocycles. The minimum absolute atomic E-state index is 0.0660. The molecule has 0 aliphatic heterocycles. The lowest BCUT2D eigenvalue weighted by atomic mass is 10.1. The van der Waals surface area contributed by atoms with Gasteiger partial charge in [-0.1, -0.05) is 29.8 Å². The summed E-state index contributed by atoms with van der Waals surface area (Å²) in [6.45, 7) is 0. The molecular weight excluding hydrogens is 355 g/mol. The molecule has 128 valence electrons. The highest BCUT2D eigenvalue weighted by Crippen LogP contribution is 2.35. The first-order valence-electron chi connectivity index (χ1n) is 7.07. The fraction of sp³-hybridized carbons (Fsp3) is 0.0625. The van der Waals surface area contributed by atoms with Crippen molar-refractivity contribution < 1.29 is 13.2 Å². The van der Waals surface area contributed by atoms with Gasteiger partial charge in [0.15, 0.2) is 5.82 Å². The van der Waals surface area contributed by atoms with Crippen molar-refractivity contribution in [3.8, 4) is 0 Å². The Labute approximate surface area is 145 Å². The molecule has 9 heteroatoms. The molecule has 5 nitrogen and oxygen atoms in total. The number of nitrogens with one attached hydrogen (secondary N) is 2. The molecule has 1 heterocycles. The largest absolute Gasteiger partial charge is 0.418 e. The van der Waals surface area contributed by atoms with Gasteiger partial charge in [0.25, 0.3) is 0 Å². The number of nitrogens with zero attached hydrogens (tertiary/aromatic N) is 3. The number of rotatable bonds is 4. The van der Waals surface area contributed by atoms with Gasteiger partial charge in [-0.2, -0.15) is 23.3 Å². The molecular formula is C16H11ClF3N5. The standard InChI is InChI=1S/C16H11ClF3N5/c17-10-4-3-5-11(8-10)22-14-9-21-25-15(24-14)23-13-7-2-1-6-12(13)16(18,19)20/h1-9H,(H2,22,23,24,25). The summed E-state index contributed by atoms with van der Waals surface area (Å²) in [6.07, 6.45) is -3.14. The number of hydrogen-bond donors (Lipinski definition) is 2. The van der Waals surface area contributed by atoms with E-state index >= 15 is 0 Å². The van der Waals surface area contributed by atoms with Crippen LogP contribution in [0.15, 0.2) is 54.7 Å². The van der Waals surface area contributed by atoms with Gasteiger partial charge < -0.3 is 10.6 Å². The van der Waals surface area contributed by atoms with Crippen LogP contribution in [0.2, 0.25) is 5.02 Å². The maximum absolute atomic E-state index is 13.0. The minimum atomic E-state index is -4.49. The Bertz CT molecular complexity index is 885. The molecule has 0 fully saturated rings. The lowest BCUT2D eigenvalue weighted by molar-refractivity contribution is -0.136. The van der Waals surface area contributed by atoms with Gasteiger partial charge in [-0.15, -0.1) is 5.10 Å². The minimum Gasteiger partial charge on any atom is -0.339 e. The fourth-order valence-electron chi connectivity index (χ4n) is 2.09. The van der Waals surface area contributed by atoms with E-state index in [0.717, 1.165) is 6.07 Å². The van der Waals surface area contributed by atoms with Crippen LogP contribution >= 0.6 is 11.6 Å². The van der Waals surface area contributed by atoms with Crippen LogP contribution in [0.3, 0.4) is 0 Å². The number of benzene rings is 2. The maximum atomic E-state index is 13.0. The first kappa shape index (κ1) is 17.0. The number of para-hydroxylation sites is 1. The zero-order valence-electron chi connectivity index (χ0n) is 12.5. The van der Waals surface area contributed by atoms with Crippen LogP contribution in [-0.4, -0.2) is 15.2 Å². The van der Waals surface area contributed by atoms with Crippen LogP contribution in [0.4, 0.5) is 36.3 Å². The van der Waals surface area contributed by atoms with Crippen LogP contribution in [0.25, 0.3) is 0 Å². The van der Waals surface area contributed by atoms with Crippen molar-refractivity contribution >= 4 is 34.7 Å². The van der Waals surface area contributed by atoms with E-state index in [1.807, 2.05) is 0 Å². The maximum Gasteiger partial charge on any atom is 0.418 e. The van der Waals surface area contributed by atoms with Gasteiger partial charge in [-0.25, -0.2) is 0 Å². The van der Waals surface area contributed by atoms with E-state index < -0.39 is 11.7 Å². The van der Waals surface area contributed by atoms with Crippen LogP contribution in [0.1, 0.15) is 5.56 Å². The third-order valence-electron chi connectivity index (χ3n) is 3.13. The Hall–Kier alpha value is -2.87. The van der Waals surface area contributed by atoms with Crippen molar-refractivity contribution in [1.82, 2.24) is 15.2 Å². The van der Waals surface area contributed by atoms with Gasteiger partial charge in [0.2, 0.25) is 5.95 Å². The summed E-state index contributed by atoms with van der Waals surface area (Å²) in [4.78, 5) is 4.11. The van der Waals surface area contributed by atoms with E-state index in [4.69, 9.17) is 11.6 Å². The van der Waals surface area contributed by atoms with Gasteiger partial charge in [0.1, 0.15) is 0 Å². The quantitative estimate of drug-likeness (QED) is 0.679. The molecule has 0 amide bonds. The average molecular weight is 366 g/mol. The summed E-state index contributed by atoms with van der Waals surface area (Å²) in [5.41, 5.74) is -0.307. The molecule has 0 radical (unpaired) electrons. The van der Waals surface area contributed by atoms with E-state index in [9.17, 15) is 13.2 Å². The number of hydrogen-bond acceptors (Lipinski definition) is 5. The Balaban J connectivity index is 1.83. The zero-order valence-corrected chi connectivity index (χ0v) is 13.3. The van der Waals surface area contributed by atoms with Gasteiger partial charge in [0.05, 0.1) is 17.4 Å². The molecule has 0 aliphatic rings. The van der Waals surface area contributed by atoms with Crippen LogP contribution in [-0.2, 0) is 6.18 Å². The lowest BCUT2D eigenvalue weighted by Gasteiger charge is -2.13. The first-order valence-corrected chi connectivity index (χ1v) is 7.45. The van der Waals surface area contributed by atoms with Gasteiger partial charge in [0, 0.05) is 10.7 Å². The van der Waals surface area contributed by atoms with Crippen molar-refractivity contribution in [2.45, 2.75) is 6.18 Å². The molecule has 0 atom stereocenters. The molecule has 3 rings (SSSR count). The highest BCUT2D eigenvalue weighted by molar-refractivity contribution is 6.30. The smallest absolute Gasteiger partial charge is 0.339 e. The van der Waals surface area contributed by atoms with Gasteiger partial charge in [-0.05, 0) is 30.3 Å². The van der Waals surface area contributed by atoms with Crippen molar-refractivity contribution in [2.75, 3.05) is 10.6 Å². The summed E-state index contributed by atoms with van der Waals surface area (Å²) in [7, 11) is 0. The highest BCUT2D eigenvalue weighted by atomic mass is 35.5. The third-order valence-corrected chi connectivity index (χ3v) is 3.37. The number of alkyl halides is 3. The number of aromatic nitrogens is 3. The van der Waals surface area contributed by atoms with E-state index in [1.165, 1.54) is 24.4 Å². The summed E-state index contributed by atoms with van der Waals surface area (Å²) >= 11 is 5.90. The summed E-state index contributed by atoms with van der Waals surface area (Å²) in [6, 6.07) is 12.0. The molecule has 25 heavy (non-hydrogen) atoms. The summed E-state index contributed by atoms with van der Waals surface area (Å²) < 4.78 is 39.1. The van der Waals surface area contributed by atoms with E-state index in [1.54, 1.807) is 24.3 Å². The van der Waals surface area contributed by atoms with E-state index in [-0.39, 0.29) is 11.6 Å². The van der Waals surface area contributed by atoms with E-state index in [0.29, 0.717) is 16.5 Å². The zero-order chi connectivity index (χ0) is 17.9. The Morgan fingerprint density at radius 2 is 1.76 bits per heavy atom. The van der Waals surface area contributed by atoms with Gasteiger partial charge >= 0.3 is 6.18 Å². The predicted octanol–water partition coefficient (Wildman–Crippen LogP) is 5.03. The Kier molecular flexibility index (Phi) is 4.71. The molecule has 0 bridgehead atoms. The highest BCUT2D eigenvalue weighted by Gasteiger charge is 2.33. The van der Waals surface area contributed by atoms with Crippen LogP contribution in [0.5, 0.6) is 0 Å². The fourth-order valence-corrected chi connectivity index (χ4v) is 2.28. The average Bonchev–Trinajstić information content (AvgIpc) is 2.55. The third kappa shape index (κ3) is 4.36.